The van der Waals surface area contributed by atoms with Crippen LogP contribution in [0.4, 0.5) is 0 Å². The first-order valence-corrected chi connectivity index (χ1v) is 6.50. The smallest absolute Gasteiger partial charge is 0.335 e. The van der Waals surface area contributed by atoms with Gasteiger partial charge in [0, 0.05) is 18.6 Å². The van der Waals surface area contributed by atoms with Crippen molar-refractivity contribution in [3.63, 3.8) is 0 Å². The molecule has 1 atom stereocenters. The van der Waals surface area contributed by atoms with Gasteiger partial charge < -0.3 is 14.4 Å². The molecule has 1 N–H and O–H groups in total. The molecule has 2 aromatic rings. The maximum absolute atomic E-state index is 10.9. The van der Waals surface area contributed by atoms with E-state index in [9.17, 15) is 4.79 Å². The summed E-state index contributed by atoms with van der Waals surface area (Å²) < 4.78 is 10.7. The number of carboxylic acids is 1. The molecule has 1 unspecified atom stereocenters. The molecule has 1 saturated heterocycles. The Balaban J connectivity index is 1.78. The van der Waals surface area contributed by atoms with Gasteiger partial charge in [-0.15, -0.1) is 0 Å². The van der Waals surface area contributed by atoms with E-state index in [1.54, 1.807) is 12.1 Å². The van der Waals surface area contributed by atoms with Gasteiger partial charge in [-0.3, -0.25) is 0 Å². The summed E-state index contributed by atoms with van der Waals surface area (Å²) in [5.41, 5.74) is 0.803. The summed E-state index contributed by atoms with van der Waals surface area (Å²) >= 11 is 0. The van der Waals surface area contributed by atoms with E-state index < -0.39 is 5.97 Å². The SMILES string of the molecule is O=C(O)c1cccc(-c2nc(CC3CCCO3)no2)c1. The number of hydrogen-bond donors (Lipinski definition) is 1. The third kappa shape index (κ3) is 2.70. The highest BCUT2D eigenvalue weighted by molar-refractivity contribution is 5.88. The van der Waals surface area contributed by atoms with Gasteiger partial charge in [-0.1, -0.05) is 11.2 Å². The normalized spacial score (nSPS) is 18.3. The van der Waals surface area contributed by atoms with Gasteiger partial charge >= 0.3 is 5.97 Å². The minimum atomic E-state index is -0.981. The monoisotopic (exact) mass is 274 g/mol. The Labute approximate surface area is 115 Å². The lowest BCUT2D eigenvalue weighted by molar-refractivity contribution is 0.0697. The molecule has 3 rings (SSSR count). The highest BCUT2D eigenvalue weighted by Crippen LogP contribution is 2.21. The number of hydrogen-bond acceptors (Lipinski definition) is 5. The predicted octanol–water partition coefficient (Wildman–Crippen LogP) is 2.16. The van der Waals surface area contributed by atoms with Crippen LogP contribution >= 0.6 is 0 Å². The predicted molar refractivity (Wildman–Crippen MR) is 69.4 cm³/mol. The lowest BCUT2D eigenvalue weighted by atomic mass is 10.1. The van der Waals surface area contributed by atoms with Gasteiger partial charge in [0.15, 0.2) is 5.82 Å². The molecule has 1 fully saturated rings. The molecule has 0 bridgehead atoms. The average Bonchev–Trinajstić information content (AvgIpc) is 3.11. The second-order valence-corrected chi connectivity index (χ2v) is 4.74. The molecule has 1 aliphatic heterocycles. The van der Waals surface area contributed by atoms with Crippen LogP contribution in [-0.2, 0) is 11.2 Å². The van der Waals surface area contributed by atoms with Crippen molar-refractivity contribution in [2.75, 3.05) is 6.61 Å². The van der Waals surface area contributed by atoms with E-state index in [0.717, 1.165) is 19.4 Å². The average molecular weight is 274 g/mol. The van der Waals surface area contributed by atoms with Crippen molar-refractivity contribution in [3.8, 4) is 11.5 Å². The van der Waals surface area contributed by atoms with Crippen molar-refractivity contribution in [2.45, 2.75) is 25.4 Å². The Morgan fingerprint density at radius 1 is 1.45 bits per heavy atom. The number of benzene rings is 1. The number of carbonyl (C=O) groups is 1. The Hall–Kier alpha value is -2.21. The number of aromatic carboxylic acids is 1. The van der Waals surface area contributed by atoms with E-state index in [2.05, 4.69) is 10.1 Å². The summed E-state index contributed by atoms with van der Waals surface area (Å²) in [6.45, 7) is 0.788. The van der Waals surface area contributed by atoms with E-state index >= 15 is 0 Å². The van der Waals surface area contributed by atoms with Crippen molar-refractivity contribution in [1.82, 2.24) is 10.1 Å². The number of nitrogens with zero attached hydrogens (tertiary/aromatic N) is 2. The number of aromatic nitrogens is 2. The van der Waals surface area contributed by atoms with E-state index in [-0.39, 0.29) is 11.7 Å². The van der Waals surface area contributed by atoms with Crippen molar-refractivity contribution >= 4 is 5.97 Å². The molecule has 0 aliphatic carbocycles. The van der Waals surface area contributed by atoms with Gasteiger partial charge in [0.2, 0.25) is 0 Å². The van der Waals surface area contributed by atoms with Crippen LogP contribution in [0.1, 0.15) is 29.0 Å². The molecule has 6 nitrogen and oxygen atoms in total. The van der Waals surface area contributed by atoms with Crippen molar-refractivity contribution in [1.29, 1.82) is 0 Å². The van der Waals surface area contributed by atoms with E-state index in [1.807, 2.05) is 0 Å². The van der Waals surface area contributed by atoms with E-state index in [1.165, 1.54) is 12.1 Å². The first-order chi connectivity index (χ1) is 9.72. The Bertz CT molecular complexity index is 617. The summed E-state index contributed by atoms with van der Waals surface area (Å²) in [6, 6.07) is 6.44. The minimum absolute atomic E-state index is 0.158. The quantitative estimate of drug-likeness (QED) is 0.919. The first-order valence-electron chi connectivity index (χ1n) is 6.50. The van der Waals surface area contributed by atoms with Gasteiger partial charge in [0.1, 0.15) is 0 Å². The van der Waals surface area contributed by atoms with Gasteiger partial charge in [-0.2, -0.15) is 4.98 Å². The zero-order valence-electron chi connectivity index (χ0n) is 10.8. The molecule has 2 heterocycles. The molecule has 6 heteroatoms. The van der Waals surface area contributed by atoms with E-state index in [0.29, 0.717) is 23.7 Å². The maximum atomic E-state index is 10.9. The Morgan fingerprint density at radius 3 is 3.10 bits per heavy atom. The fourth-order valence-electron chi connectivity index (χ4n) is 2.25. The molecule has 1 aromatic heterocycles. The highest BCUT2D eigenvalue weighted by atomic mass is 16.5. The molecule has 1 aliphatic rings. The van der Waals surface area contributed by atoms with Gasteiger partial charge in [-0.05, 0) is 31.0 Å². The fourth-order valence-corrected chi connectivity index (χ4v) is 2.25. The highest BCUT2D eigenvalue weighted by Gasteiger charge is 2.19. The van der Waals surface area contributed by atoms with Gasteiger partial charge in [0.25, 0.3) is 5.89 Å². The van der Waals surface area contributed by atoms with Crippen LogP contribution in [0.15, 0.2) is 28.8 Å². The first kappa shape index (κ1) is 12.8. The molecule has 0 amide bonds. The molecule has 0 radical (unpaired) electrons. The van der Waals surface area contributed by atoms with Crippen LogP contribution < -0.4 is 0 Å². The van der Waals surface area contributed by atoms with Crippen LogP contribution in [0.5, 0.6) is 0 Å². The van der Waals surface area contributed by atoms with Crippen LogP contribution in [0, 0.1) is 0 Å². The number of ether oxygens (including phenoxy) is 1. The molecular weight excluding hydrogens is 260 g/mol. The molecule has 0 saturated carbocycles. The summed E-state index contributed by atoms with van der Waals surface area (Å²) in [7, 11) is 0. The largest absolute Gasteiger partial charge is 0.478 e. The Morgan fingerprint density at radius 2 is 2.35 bits per heavy atom. The lowest BCUT2D eigenvalue weighted by Crippen LogP contribution is -2.09. The third-order valence-corrected chi connectivity index (χ3v) is 3.26. The number of rotatable bonds is 4. The summed E-state index contributed by atoms with van der Waals surface area (Å²) in [5.74, 6) is -0.0559. The zero-order chi connectivity index (χ0) is 13.9. The van der Waals surface area contributed by atoms with Crippen molar-refractivity contribution < 1.29 is 19.2 Å². The second kappa shape index (κ2) is 5.42. The van der Waals surface area contributed by atoms with Crippen molar-refractivity contribution in [2.24, 2.45) is 0 Å². The van der Waals surface area contributed by atoms with Crippen LogP contribution in [-0.4, -0.2) is 33.9 Å². The van der Waals surface area contributed by atoms with Crippen LogP contribution in [0.2, 0.25) is 0 Å². The molecule has 1 aromatic carbocycles. The molecular formula is C14H14N2O4. The Kier molecular flexibility index (Phi) is 3.47. The van der Waals surface area contributed by atoms with Crippen molar-refractivity contribution in [3.05, 3.63) is 35.7 Å². The lowest BCUT2D eigenvalue weighted by Gasteiger charge is -2.03. The van der Waals surface area contributed by atoms with Gasteiger partial charge in [-0.25, -0.2) is 4.79 Å². The third-order valence-electron chi connectivity index (χ3n) is 3.26. The zero-order valence-corrected chi connectivity index (χ0v) is 10.8. The summed E-state index contributed by atoms with van der Waals surface area (Å²) in [5, 5.41) is 12.9. The fraction of sp³-hybridized carbons (Fsp3) is 0.357. The molecule has 104 valence electrons. The summed E-state index contributed by atoms with van der Waals surface area (Å²) in [6.07, 6.45) is 2.86. The van der Waals surface area contributed by atoms with Crippen LogP contribution in [0.25, 0.3) is 11.5 Å². The molecule has 0 spiro atoms. The summed E-state index contributed by atoms with van der Waals surface area (Å²) in [4.78, 5) is 15.2. The van der Waals surface area contributed by atoms with Crippen LogP contribution in [0.3, 0.4) is 0 Å². The minimum Gasteiger partial charge on any atom is -0.478 e. The standard InChI is InChI=1S/C14H14N2O4/c17-14(18)10-4-1-3-9(7-10)13-15-12(16-20-13)8-11-5-2-6-19-11/h1,3-4,7,11H,2,5-6,8H2,(H,17,18). The molecule has 20 heavy (non-hydrogen) atoms. The van der Waals surface area contributed by atoms with Gasteiger partial charge in [0.05, 0.1) is 11.7 Å². The van der Waals surface area contributed by atoms with E-state index in [4.69, 9.17) is 14.4 Å². The number of carboxylic acid groups (broad SMARTS) is 1. The topological polar surface area (TPSA) is 85.5 Å². The second-order valence-electron chi connectivity index (χ2n) is 4.74. The maximum Gasteiger partial charge on any atom is 0.335 e.